The zero-order chi connectivity index (χ0) is 17.4. The molecule has 1 aliphatic heterocycles. The lowest BCUT2D eigenvalue weighted by atomic mass is 10.0. The number of carbonyl (C=O) groups excluding carboxylic acids is 2. The molecule has 1 aromatic rings. The van der Waals surface area contributed by atoms with Gasteiger partial charge in [-0.3, -0.25) is 9.59 Å². The van der Waals surface area contributed by atoms with Crippen molar-refractivity contribution in [3.05, 3.63) is 29.8 Å². The molecule has 0 aliphatic carbocycles. The summed E-state index contributed by atoms with van der Waals surface area (Å²) in [6.45, 7) is 5.68. The number of likely N-dealkylation sites (tertiary alicyclic amines) is 1. The van der Waals surface area contributed by atoms with Crippen molar-refractivity contribution in [2.24, 2.45) is 5.92 Å². The summed E-state index contributed by atoms with van der Waals surface area (Å²) < 4.78 is 0. The zero-order valence-corrected chi connectivity index (χ0v) is 15.8. The third-order valence-corrected chi connectivity index (χ3v) is 4.16. The Balaban J connectivity index is 0.00000312. The summed E-state index contributed by atoms with van der Waals surface area (Å²) in [5, 5.41) is 9.05. The van der Waals surface area contributed by atoms with Crippen LogP contribution in [0.4, 0.5) is 5.69 Å². The second-order valence-corrected chi connectivity index (χ2v) is 6.53. The fourth-order valence-electron chi connectivity index (χ4n) is 3.01. The molecule has 1 aliphatic rings. The Morgan fingerprint density at radius 1 is 1.28 bits per heavy atom. The number of hydrogen-bond donors (Lipinski definition) is 3. The van der Waals surface area contributed by atoms with Crippen LogP contribution >= 0.6 is 12.4 Å². The Labute approximate surface area is 156 Å². The van der Waals surface area contributed by atoms with Gasteiger partial charge in [-0.25, -0.2) is 0 Å². The van der Waals surface area contributed by atoms with Crippen LogP contribution in [0.15, 0.2) is 24.3 Å². The van der Waals surface area contributed by atoms with E-state index in [1.165, 1.54) is 6.92 Å². The van der Waals surface area contributed by atoms with Crippen LogP contribution in [-0.2, 0) is 16.1 Å². The van der Waals surface area contributed by atoms with Gasteiger partial charge in [0.25, 0.3) is 0 Å². The molecule has 140 valence electrons. The first-order chi connectivity index (χ1) is 11.5. The van der Waals surface area contributed by atoms with Gasteiger partial charge in [-0.15, -0.1) is 12.4 Å². The Morgan fingerprint density at radius 3 is 2.76 bits per heavy atom. The molecule has 2 rings (SSSR count). The summed E-state index contributed by atoms with van der Waals surface area (Å²) >= 11 is 0. The van der Waals surface area contributed by atoms with Crippen molar-refractivity contribution in [3.8, 4) is 0 Å². The number of nitrogens with one attached hydrogen (secondary N) is 3. The van der Waals surface area contributed by atoms with Crippen molar-refractivity contribution < 1.29 is 9.59 Å². The van der Waals surface area contributed by atoms with E-state index >= 15 is 0 Å². The minimum absolute atomic E-state index is 0. The average molecular weight is 369 g/mol. The molecule has 1 aromatic carbocycles. The maximum Gasteiger partial charge on any atom is 0.221 e. The van der Waals surface area contributed by atoms with Crippen molar-refractivity contribution in [1.82, 2.24) is 15.5 Å². The number of carbonyl (C=O) groups is 2. The van der Waals surface area contributed by atoms with Crippen molar-refractivity contribution in [2.45, 2.75) is 26.3 Å². The van der Waals surface area contributed by atoms with Crippen molar-refractivity contribution in [3.63, 3.8) is 0 Å². The maximum atomic E-state index is 11.9. The monoisotopic (exact) mass is 368 g/mol. The zero-order valence-electron chi connectivity index (χ0n) is 15.0. The van der Waals surface area contributed by atoms with E-state index in [1.54, 1.807) is 0 Å². The second kappa shape index (κ2) is 11.1. The van der Waals surface area contributed by atoms with Gasteiger partial charge in [0.05, 0.1) is 0 Å². The van der Waals surface area contributed by atoms with E-state index in [2.05, 4.69) is 27.9 Å². The minimum atomic E-state index is -0.0729. The predicted octanol–water partition coefficient (Wildman–Crippen LogP) is 1.61. The minimum Gasteiger partial charge on any atom is -0.355 e. The lowest BCUT2D eigenvalue weighted by molar-refractivity contribution is -0.121. The van der Waals surface area contributed by atoms with Crippen LogP contribution in [-0.4, -0.2) is 49.9 Å². The highest BCUT2D eigenvalue weighted by Gasteiger charge is 2.21. The molecule has 7 heteroatoms. The van der Waals surface area contributed by atoms with Crippen LogP contribution in [0.3, 0.4) is 0 Å². The Hall–Kier alpha value is -1.63. The second-order valence-electron chi connectivity index (χ2n) is 6.53. The lowest BCUT2D eigenvalue weighted by Gasteiger charge is -2.11. The van der Waals surface area contributed by atoms with Gasteiger partial charge in [-0.05, 0) is 43.6 Å². The van der Waals surface area contributed by atoms with Crippen molar-refractivity contribution >= 4 is 29.9 Å². The first kappa shape index (κ1) is 21.4. The molecule has 2 amide bonds. The summed E-state index contributed by atoms with van der Waals surface area (Å²) in [5.41, 5.74) is 1.90. The molecule has 1 atom stereocenters. The summed E-state index contributed by atoms with van der Waals surface area (Å²) in [6.07, 6.45) is 1.75. The average Bonchev–Trinajstić information content (AvgIpc) is 2.91. The largest absolute Gasteiger partial charge is 0.355 e. The normalized spacial score (nSPS) is 17.0. The van der Waals surface area contributed by atoms with Crippen molar-refractivity contribution in [1.29, 1.82) is 0 Å². The van der Waals surface area contributed by atoms with Gasteiger partial charge in [0, 0.05) is 45.2 Å². The highest BCUT2D eigenvalue weighted by atomic mass is 35.5. The molecular formula is C18H29ClN4O2. The van der Waals surface area contributed by atoms with Crippen LogP contribution in [0.5, 0.6) is 0 Å². The quantitative estimate of drug-likeness (QED) is 0.609. The van der Waals surface area contributed by atoms with E-state index in [-0.39, 0.29) is 24.2 Å². The highest BCUT2D eigenvalue weighted by molar-refractivity contribution is 5.88. The molecule has 0 saturated carbocycles. The molecular weight excluding hydrogens is 340 g/mol. The number of benzene rings is 1. The van der Waals surface area contributed by atoms with Crippen LogP contribution in [0.1, 0.15) is 25.3 Å². The smallest absolute Gasteiger partial charge is 0.221 e. The SMILES string of the molecule is CC(=O)Nc1cccc(CNCCNC(=O)CC2CCN(C)C2)c1.Cl. The van der Waals surface area contributed by atoms with E-state index in [1.807, 2.05) is 24.3 Å². The topological polar surface area (TPSA) is 73.5 Å². The fourth-order valence-corrected chi connectivity index (χ4v) is 3.01. The van der Waals surface area contributed by atoms with E-state index in [9.17, 15) is 9.59 Å². The fraction of sp³-hybridized carbons (Fsp3) is 0.556. The van der Waals surface area contributed by atoms with Crippen LogP contribution in [0, 0.1) is 5.92 Å². The number of rotatable bonds is 8. The molecule has 1 unspecified atom stereocenters. The number of halogens is 1. The first-order valence-electron chi connectivity index (χ1n) is 8.55. The third kappa shape index (κ3) is 8.34. The van der Waals surface area contributed by atoms with Gasteiger partial charge in [0.15, 0.2) is 0 Å². The highest BCUT2D eigenvalue weighted by Crippen LogP contribution is 2.17. The maximum absolute atomic E-state index is 11.9. The molecule has 6 nitrogen and oxygen atoms in total. The van der Waals surface area contributed by atoms with Gasteiger partial charge in [-0.2, -0.15) is 0 Å². The third-order valence-electron chi connectivity index (χ3n) is 4.16. The summed E-state index contributed by atoms with van der Waals surface area (Å²) in [4.78, 5) is 25.2. The standard InChI is InChI=1S/C18H28N4O2.ClH/c1-14(23)21-17-5-3-4-15(10-17)12-19-7-8-20-18(24)11-16-6-9-22(2)13-16;/h3-5,10,16,19H,6-9,11-13H2,1-2H3,(H,20,24)(H,21,23);1H. The summed E-state index contributed by atoms with van der Waals surface area (Å²) in [7, 11) is 2.10. The number of anilines is 1. The molecule has 1 fully saturated rings. The first-order valence-corrected chi connectivity index (χ1v) is 8.55. The van der Waals surface area contributed by atoms with Crippen LogP contribution in [0.2, 0.25) is 0 Å². The van der Waals surface area contributed by atoms with Gasteiger partial charge in [0.2, 0.25) is 11.8 Å². The molecule has 3 N–H and O–H groups in total. The summed E-state index contributed by atoms with van der Waals surface area (Å²) in [6, 6.07) is 7.74. The molecule has 1 heterocycles. The van der Waals surface area contributed by atoms with E-state index in [0.29, 0.717) is 25.4 Å². The lowest BCUT2D eigenvalue weighted by Crippen LogP contribution is -2.32. The molecule has 0 spiro atoms. The predicted molar refractivity (Wildman–Crippen MR) is 103 cm³/mol. The van der Waals surface area contributed by atoms with Crippen molar-refractivity contribution in [2.75, 3.05) is 38.5 Å². The Kier molecular flexibility index (Phi) is 9.49. The van der Waals surface area contributed by atoms with Gasteiger partial charge in [0.1, 0.15) is 0 Å². The number of amides is 2. The molecule has 0 bridgehead atoms. The van der Waals surface area contributed by atoms with Gasteiger partial charge >= 0.3 is 0 Å². The molecule has 1 saturated heterocycles. The molecule has 0 aromatic heterocycles. The van der Waals surface area contributed by atoms with Gasteiger partial charge in [-0.1, -0.05) is 12.1 Å². The Morgan fingerprint density at radius 2 is 2.08 bits per heavy atom. The van der Waals surface area contributed by atoms with Crippen LogP contribution in [0.25, 0.3) is 0 Å². The number of nitrogens with zero attached hydrogens (tertiary/aromatic N) is 1. The van der Waals surface area contributed by atoms with Gasteiger partial charge < -0.3 is 20.9 Å². The Bertz CT molecular complexity index is 568. The molecule has 0 radical (unpaired) electrons. The summed E-state index contributed by atoms with van der Waals surface area (Å²) in [5.74, 6) is 0.570. The number of hydrogen-bond acceptors (Lipinski definition) is 4. The van der Waals surface area contributed by atoms with Crippen LogP contribution < -0.4 is 16.0 Å². The molecule has 25 heavy (non-hydrogen) atoms. The van der Waals surface area contributed by atoms with E-state index in [4.69, 9.17) is 0 Å². The van der Waals surface area contributed by atoms with E-state index < -0.39 is 0 Å². The van der Waals surface area contributed by atoms with E-state index in [0.717, 1.165) is 37.3 Å².